The normalized spacial score (nSPS) is 10.6. The third-order valence-electron chi connectivity index (χ3n) is 4.62. The molecule has 1 heterocycles. The monoisotopic (exact) mass is 426 g/mol. The molecule has 1 N–H and O–H groups in total. The third-order valence-corrected chi connectivity index (χ3v) is 5.46. The van der Waals surface area contributed by atoms with Crippen molar-refractivity contribution in [3.63, 3.8) is 0 Å². The molecule has 4 rings (SSSR count). The largest absolute Gasteiger partial charge is 0.326 e. The van der Waals surface area contributed by atoms with E-state index in [4.69, 9.17) is 4.98 Å². The molecule has 0 saturated heterocycles. The Labute approximate surface area is 186 Å². The van der Waals surface area contributed by atoms with Crippen molar-refractivity contribution < 1.29 is 4.79 Å². The molecule has 0 fully saturated rings. The first-order chi connectivity index (χ1) is 15.2. The standard InChI is InChI=1S/C25H22N4OS/c1-18-9-8-14-21(17-18)26-22(30)15-16-31-25-27-23(19-10-4-2-5-11-19)24(28-29-25)20-12-6-3-7-13-20/h2-14,17H,15-16H2,1H3,(H,26,30). The second-order valence-electron chi connectivity index (χ2n) is 7.04. The van der Waals surface area contributed by atoms with E-state index >= 15 is 0 Å². The number of anilines is 1. The minimum atomic E-state index is -0.0322. The fourth-order valence-corrected chi connectivity index (χ4v) is 3.87. The highest BCUT2D eigenvalue weighted by Gasteiger charge is 2.14. The van der Waals surface area contributed by atoms with Crippen LogP contribution in [0.15, 0.2) is 90.1 Å². The predicted molar refractivity (Wildman–Crippen MR) is 126 cm³/mol. The first-order valence-electron chi connectivity index (χ1n) is 10.0. The summed E-state index contributed by atoms with van der Waals surface area (Å²) in [6.07, 6.45) is 0.364. The van der Waals surface area contributed by atoms with Crippen LogP contribution in [0.3, 0.4) is 0 Å². The summed E-state index contributed by atoms with van der Waals surface area (Å²) in [5.41, 5.74) is 5.40. The van der Waals surface area contributed by atoms with Gasteiger partial charge in [-0.3, -0.25) is 4.79 Å². The van der Waals surface area contributed by atoms with Gasteiger partial charge in [0.1, 0.15) is 11.4 Å². The molecule has 154 valence electrons. The van der Waals surface area contributed by atoms with Gasteiger partial charge in [0, 0.05) is 29.0 Å². The van der Waals surface area contributed by atoms with E-state index in [0.717, 1.165) is 33.8 Å². The lowest BCUT2D eigenvalue weighted by atomic mass is 10.0. The highest BCUT2D eigenvalue weighted by Crippen LogP contribution is 2.29. The molecule has 0 aliphatic rings. The molecule has 5 nitrogen and oxygen atoms in total. The predicted octanol–water partition coefficient (Wildman–Crippen LogP) is 5.63. The smallest absolute Gasteiger partial charge is 0.225 e. The number of hydrogen-bond acceptors (Lipinski definition) is 5. The highest BCUT2D eigenvalue weighted by atomic mass is 32.2. The number of nitrogens with zero attached hydrogens (tertiary/aromatic N) is 3. The first kappa shape index (κ1) is 20.8. The van der Waals surface area contributed by atoms with E-state index in [1.54, 1.807) is 0 Å². The summed E-state index contributed by atoms with van der Waals surface area (Å²) in [4.78, 5) is 17.0. The molecule has 0 unspecified atom stereocenters. The van der Waals surface area contributed by atoms with Crippen molar-refractivity contribution >= 4 is 23.4 Å². The van der Waals surface area contributed by atoms with Gasteiger partial charge in [0.25, 0.3) is 0 Å². The van der Waals surface area contributed by atoms with Crippen LogP contribution in [0, 0.1) is 6.92 Å². The van der Waals surface area contributed by atoms with E-state index < -0.39 is 0 Å². The molecule has 0 atom stereocenters. The van der Waals surface area contributed by atoms with Crippen molar-refractivity contribution in [2.45, 2.75) is 18.5 Å². The summed E-state index contributed by atoms with van der Waals surface area (Å²) in [6, 6.07) is 27.7. The van der Waals surface area contributed by atoms with Gasteiger partial charge in [0.15, 0.2) is 0 Å². The van der Waals surface area contributed by atoms with E-state index in [1.165, 1.54) is 11.8 Å². The van der Waals surface area contributed by atoms with Crippen LogP contribution in [-0.4, -0.2) is 26.8 Å². The summed E-state index contributed by atoms with van der Waals surface area (Å²) in [5, 5.41) is 12.3. The zero-order valence-corrected chi connectivity index (χ0v) is 18.0. The van der Waals surface area contributed by atoms with E-state index in [9.17, 15) is 4.79 Å². The van der Waals surface area contributed by atoms with Crippen molar-refractivity contribution in [1.29, 1.82) is 0 Å². The average molecular weight is 427 g/mol. The third kappa shape index (κ3) is 5.55. The van der Waals surface area contributed by atoms with Crippen molar-refractivity contribution in [3.05, 3.63) is 90.5 Å². The minimum absolute atomic E-state index is 0.0322. The second-order valence-corrected chi connectivity index (χ2v) is 8.10. The minimum Gasteiger partial charge on any atom is -0.326 e. The number of aromatic nitrogens is 3. The fraction of sp³-hybridized carbons (Fsp3) is 0.120. The van der Waals surface area contributed by atoms with Gasteiger partial charge in [-0.15, -0.1) is 10.2 Å². The average Bonchev–Trinajstić information content (AvgIpc) is 2.80. The van der Waals surface area contributed by atoms with E-state index in [2.05, 4.69) is 15.5 Å². The van der Waals surface area contributed by atoms with Crippen LogP contribution >= 0.6 is 11.8 Å². The number of benzene rings is 3. The number of amides is 1. The summed E-state index contributed by atoms with van der Waals surface area (Å²) in [5.74, 6) is 0.536. The molecule has 0 saturated carbocycles. The molecular formula is C25H22N4OS. The lowest BCUT2D eigenvalue weighted by Gasteiger charge is -2.09. The molecular weight excluding hydrogens is 404 g/mol. The first-order valence-corrected chi connectivity index (χ1v) is 11.0. The number of hydrogen-bond donors (Lipinski definition) is 1. The van der Waals surface area contributed by atoms with Crippen LogP contribution in [0.2, 0.25) is 0 Å². The number of rotatable bonds is 7. The molecule has 4 aromatic rings. The van der Waals surface area contributed by atoms with Gasteiger partial charge in [-0.05, 0) is 24.6 Å². The molecule has 31 heavy (non-hydrogen) atoms. The van der Waals surface area contributed by atoms with Gasteiger partial charge in [0.2, 0.25) is 11.1 Å². The van der Waals surface area contributed by atoms with Crippen molar-refractivity contribution in [3.8, 4) is 22.5 Å². The molecule has 1 aromatic heterocycles. The number of nitrogens with one attached hydrogen (secondary N) is 1. The molecule has 1 amide bonds. The maximum absolute atomic E-state index is 12.3. The maximum atomic E-state index is 12.3. The van der Waals surface area contributed by atoms with Gasteiger partial charge in [-0.2, -0.15) is 0 Å². The fourth-order valence-electron chi connectivity index (χ4n) is 3.14. The molecule has 0 aliphatic heterocycles. The summed E-state index contributed by atoms with van der Waals surface area (Å²) >= 11 is 1.43. The SMILES string of the molecule is Cc1cccc(NC(=O)CCSc2nnc(-c3ccccc3)c(-c3ccccc3)n2)c1. The Morgan fingerprint density at radius 1 is 0.839 bits per heavy atom. The maximum Gasteiger partial charge on any atom is 0.225 e. The van der Waals surface area contributed by atoms with Gasteiger partial charge in [0.05, 0.1) is 0 Å². The molecule has 3 aromatic carbocycles. The van der Waals surface area contributed by atoms with Crippen LogP contribution in [-0.2, 0) is 4.79 Å². The highest BCUT2D eigenvalue weighted by molar-refractivity contribution is 7.99. The van der Waals surface area contributed by atoms with Gasteiger partial charge in [-0.1, -0.05) is 84.6 Å². The lowest BCUT2D eigenvalue weighted by Crippen LogP contribution is -2.12. The van der Waals surface area contributed by atoms with Gasteiger partial charge < -0.3 is 5.32 Å². The molecule has 0 radical (unpaired) electrons. The van der Waals surface area contributed by atoms with Crippen LogP contribution in [0.5, 0.6) is 0 Å². The van der Waals surface area contributed by atoms with Gasteiger partial charge in [-0.25, -0.2) is 4.98 Å². The number of carbonyl (C=O) groups is 1. The van der Waals surface area contributed by atoms with E-state index in [-0.39, 0.29) is 5.91 Å². The molecule has 0 bridgehead atoms. The van der Waals surface area contributed by atoms with Crippen LogP contribution in [0.4, 0.5) is 5.69 Å². The number of carbonyl (C=O) groups excluding carboxylic acids is 1. The van der Waals surface area contributed by atoms with Crippen molar-refractivity contribution in [1.82, 2.24) is 15.2 Å². The Kier molecular flexibility index (Phi) is 6.69. The number of aryl methyl sites for hydroxylation is 1. The Morgan fingerprint density at radius 2 is 1.52 bits per heavy atom. The zero-order valence-electron chi connectivity index (χ0n) is 17.2. The quantitative estimate of drug-likeness (QED) is 0.388. The Hall–Kier alpha value is -3.51. The second kappa shape index (κ2) is 10.00. The molecule has 6 heteroatoms. The lowest BCUT2D eigenvalue weighted by molar-refractivity contribution is -0.115. The summed E-state index contributed by atoms with van der Waals surface area (Å²) in [6.45, 7) is 2.00. The topological polar surface area (TPSA) is 67.8 Å². The van der Waals surface area contributed by atoms with Crippen molar-refractivity contribution in [2.24, 2.45) is 0 Å². The Bertz CT molecular complexity index is 1170. The molecule has 0 spiro atoms. The van der Waals surface area contributed by atoms with Crippen LogP contribution in [0.25, 0.3) is 22.5 Å². The summed E-state index contributed by atoms with van der Waals surface area (Å²) < 4.78 is 0. The zero-order chi connectivity index (χ0) is 21.5. The Morgan fingerprint density at radius 3 is 2.19 bits per heavy atom. The summed E-state index contributed by atoms with van der Waals surface area (Å²) in [7, 11) is 0. The van der Waals surface area contributed by atoms with E-state index in [1.807, 2.05) is 91.9 Å². The number of thioether (sulfide) groups is 1. The van der Waals surface area contributed by atoms with E-state index in [0.29, 0.717) is 17.3 Å². The van der Waals surface area contributed by atoms with Crippen LogP contribution < -0.4 is 5.32 Å². The van der Waals surface area contributed by atoms with Gasteiger partial charge >= 0.3 is 0 Å². The molecule has 0 aliphatic carbocycles. The van der Waals surface area contributed by atoms with Crippen molar-refractivity contribution in [2.75, 3.05) is 11.1 Å². The van der Waals surface area contributed by atoms with Crippen LogP contribution in [0.1, 0.15) is 12.0 Å². The Balaban J connectivity index is 1.47.